The molecule has 23 heavy (non-hydrogen) atoms. The predicted octanol–water partition coefficient (Wildman–Crippen LogP) is 2.89. The van der Waals surface area contributed by atoms with E-state index in [1.807, 2.05) is 0 Å². The van der Waals surface area contributed by atoms with Crippen molar-refractivity contribution in [2.75, 3.05) is 14.2 Å². The second-order valence-electron chi connectivity index (χ2n) is 4.67. The van der Waals surface area contributed by atoms with E-state index in [1.165, 1.54) is 13.2 Å². The second kappa shape index (κ2) is 8.12. The maximum Gasteiger partial charge on any atom is 0.343 e. The Bertz CT molecular complexity index is 659. The predicted molar refractivity (Wildman–Crippen MR) is 86.4 cm³/mol. The zero-order valence-corrected chi connectivity index (χ0v) is 12.9. The van der Waals surface area contributed by atoms with Gasteiger partial charge in [-0.1, -0.05) is 18.2 Å². The van der Waals surface area contributed by atoms with Crippen molar-refractivity contribution in [1.29, 1.82) is 0 Å². The van der Waals surface area contributed by atoms with Crippen LogP contribution in [0.1, 0.15) is 15.9 Å². The molecule has 2 rings (SSSR count). The molecular formula is C18H18O5. The summed E-state index contributed by atoms with van der Waals surface area (Å²) in [6, 6.07) is 13.6. The highest BCUT2D eigenvalue weighted by atomic mass is 16.6. The first kappa shape index (κ1) is 16.7. The molecule has 0 aliphatic rings. The standard InChI is InChI=1S/C18H18O5/c1-21-15-10-6-14(7-11-15)18(20)23-16-8-3-13(4-9-16)5-12-17(19)22-2/h3-12,17,19H,1-2H3/b12-5+. The Morgan fingerprint density at radius 1 is 1.00 bits per heavy atom. The number of carbonyl (C=O) groups is 1. The van der Waals surface area contributed by atoms with Gasteiger partial charge in [0.1, 0.15) is 11.5 Å². The third kappa shape index (κ3) is 4.95. The first-order valence-electron chi connectivity index (χ1n) is 6.97. The average Bonchev–Trinajstić information content (AvgIpc) is 2.60. The first-order valence-corrected chi connectivity index (χ1v) is 6.97. The minimum Gasteiger partial charge on any atom is -0.497 e. The molecule has 0 heterocycles. The van der Waals surface area contributed by atoms with Crippen LogP contribution in [0.15, 0.2) is 54.6 Å². The van der Waals surface area contributed by atoms with Gasteiger partial charge in [0.25, 0.3) is 0 Å². The molecule has 120 valence electrons. The Morgan fingerprint density at radius 3 is 2.17 bits per heavy atom. The van der Waals surface area contributed by atoms with Crippen LogP contribution in [0, 0.1) is 0 Å². The topological polar surface area (TPSA) is 65.0 Å². The van der Waals surface area contributed by atoms with Gasteiger partial charge < -0.3 is 19.3 Å². The lowest BCUT2D eigenvalue weighted by atomic mass is 10.2. The van der Waals surface area contributed by atoms with Crippen LogP contribution in [0.25, 0.3) is 6.08 Å². The lowest BCUT2D eigenvalue weighted by Gasteiger charge is -2.06. The van der Waals surface area contributed by atoms with Crippen LogP contribution in [0.4, 0.5) is 0 Å². The van der Waals surface area contributed by atoms with E-state index in [4.69, 9.17) is 14.2 Å². The van der Waals surface area contributed by atoms with Crippen molar-refractivity contribution in [3.05, 3.63) is 65.7 Å². The molecule has 5 nitrogen and oxygen atoms in total. The van der Waals surface area contributed by atoms with Crippen molar-refractivity contribution < 1.29 is 24.1 Å². The molecule has 0 amide bonds. The Labute approximate surface area is 134 Å². The number of hydrogen-bond acceptors (Lipinski definition) is 5. The molecule has 0 fully saturated rings. The summed E-state index contributed by atoms with van der Waals surface area (Å²) in [7, 11) is 2.98. The van der Waals surface area contributed by atoms with Crippen LogP contribution in [0.2, 0.25) is 0 Å². The molecular weight excluding hydrogens is 296 g/mol. The zero-order valence-electron chi connectivity index (χ0n) is 12.9. The Balaban J connectivity index is 1.99. The molecule has 0 saturated carbocycles. The molecule has 5 heteroatoms. The van der Waals surface area contributed by atoms with Crippen molar-refractivity contribution in [3.8, 4) is 11.5 Å². The van der Waals surface area contributed by atoms with E-state index in [-0.39, 0.29) is 0 Å². The molecule has 1 unspecified atom stereocenters. The second-order valence-corrected chi connectivity index (χ2v) is 4.67. The maximum atomic E-state index is 12.0. The monoisotopic (exact) mass is 314 g/mol. The normalized spacial score (nSPS) is 12.1. The number of aliphatic hydroxyl groups is 1. The average molecular weight is 314 g/mol. The summed E-state index contributed by atoms with van der Waals surface area (Å²) in [6.45, 7) is 0. The van der Waals surface area contributed by atoms with Gasteiger partial charge in [-0.25, -0.2) is 4.79 Å². The third-order valence-electron chi connectivity index (χ3n) is 3.11. The smallest absolute Gasteiger partial charge is 0.343 e. The molecule has 0 aromatic heterocycles. The van der Waals surface area contributed by atoms with Gasteiger partial charge in [-0.3, -0.25) is 0 Å². The summed E-state index contributed by atoms with van der Waals surface area (Å²) >= 11 is 0. The third-order valence-corrected chi connectivity index (χ3v) is 3.11. The van der Waals surface area contributed by atoms with E-state index in [0.717, 1.165) is 5.56 Å². The number of benzene rings is 2. The van der Waals surface area contributed by atoms with E-state index in [1.54, 1.807) is 61.7 Å². The van der Waals surface area contributed by atoms with Gasteiger partial charge in [0.05, 0.1) is 12.7 Å². The highest BCUT2D eigenvalue weighted by Crippen LogP contribution is 2.17. The number of esters is 1. The molecule has 0 aliphatic heterocycles. The molecule has 1 atom stereocenters. The van der Waals surface area contributed by atoms with Gasteiger partial charge in [0.2, 0.25) is 0 Å². The summed E-state index contributed by atoms with van der Waals surface area (Å²) in [5, 5.41) is 9.27. The van der Waals surface area contributed by atoms with Gasteiger partial charge in [-0.2, -0.15) is 0 Å². The van der Waals surface area contributed by atoms with Gasteiger partial charge in [0, 0.05) is 7.11 Å². The largest absolute Gasteiger partial charge is 0.497 e. The van der Waals surface area contributed by atoms with Crippen molar-refractivity contribution in [2.24, 2.45) is 0 Å². The number of hydrogen-bond donors (Lipinski definition) is 1. The maximum absolute atomic E-state index is 12.0. The summed E-state index contributed by atoms with van der Waals surface area (Å²) in [5.41, 5.74) is 1.29. The van der Waals surface area contributed by atoms with Crippen LogP contribution >= 0.6 is 0 Å². The first-order chi connectivity index (χ1) is 11.1. The SMILES string of the molecule is COc1ccc(C(=O)Oc2ccc(/C=C/C(O)OC)cc2)cc1. The Morgan fingerprint density at radius 2 is 1.61 bits per heavy atom. The molecule has 0 aliphatic carbocycles. The van der Waals surface area contributed by atoms with Crippen molar-refractivity contribution >= 4 is 12.0 Å². The molecule has 0 bridgehead atoms. The van der Waals surface area contributed by atoms with Crippen LogP contribution in [-0.2, 0) is 4.74 Å². The van der Waals surface area contributed by atoms with Gasteiger partial charge in [-0.15, -0.1) is 0 Å². The van der Waals surface area contributed by atoms with Crippen molar-refractivity contribution in [3.63, 3.8) is 0 Å². The fourth-order valence-electron chi connectivity index (χ4n) is 1.81. The molecule has 1 N–H and O–H groups in total. The van der Waals surface area contributed by atoms with E-state index in [2.05, 4.69) is 0 Å². The Hall–Kier alpha value is -2.63. The Kier molecular flexibility index (Phi) is 5.91. The van der Waals surface area contributed by atoms with E-state index >= 15 is 0 Å². The van der Waals surface area contributed by atoms with Crippen LogP contribution < -0.4 is 9.47 Å². The van der Waals surface area contributed by atoms with Gasteiger partial charge >= 0.3 is 5.97 Å². The minimum atomic E-state index is -0.942. The van der Waals surface area contributed by atoms with Crippen molar-refractivity contribution in [1.82, 2.24) is 0 Å². The van der Waals surface area contributed by atoms with Crippen LogP contribution in [-0.4, -0.2) is 31.6 Å². The molecule has 0 spiro atoms. The highest BCUT2D eigenvalue weighted by Gasteiger charge is 2.08. The molecule has 0 saturated heterocycles. The van der Waals surface area contributed by atoms with Gasteiger partial charge in [0.15, 0.2) is 6.29 Å². The summed E-state index contributed by atoms with van der Waals surface area (Å²) in [4.78, 5) is 12.0. The van der Waals surface area contributed by atoms with Crippen molar-refractivity contribution in [2.45, 2.75) is 6.29 Å². The number of ether oxygens (including phenoxy) is 3. The van der Waals surface area contributed by atoms with Crippen LogP contribution in [0.3, 0.4) is 0 Å². The van der Waals surface area contributed by atoms with Crippen LogP contribution in [0.5, 0.6) is 11.5 Å². The van der Waals surface area contributed by atoms with E-state index in [9.17, 15) is 9.90 Å². The van der Waals surface area contributed by atoms with Gasteiger partial charge in [-0.05, 0) is 48.0 Å². The summed E-state index contributed by atoms with van der Waals surface area (Å²) in [5.74, 6) is 0.678. The summed E-state index contributed by atoms with van der Waals surface area (Å²) in [6.07, 6.45) is 2.28. The fraction of sp³-hybridized carbons (Fsp3) is 0.167. The quantitative estimate of drug-likeness (QED) is 0.504. The number of methoxy groups -OCH3 is 2. The highest BCUT2D eigenvalue weighted by molar-refractivity contribution is 5.91. The lowest BCUT2D eigenvalue weighted by Crippen LogP contribution is -2.08. The number of aliphatic hydroxyl groups excluding tert-OH is 1. The van der Waals surface area contributed by atoms with E-state index < -0.39 is 12.3 Å². The lowest BCUT2D eigenvalue weighted by molar-refractivity contribution is -0.0350. The number of carbonyl (C=O) groups excluding carboxylic acids is 1. The fourth-order valence-corrected chi connectivity index (χ4v) is 1.81. The molecule has 2 aromatic carbocycles. The van der Waals surface area contributed by atoms with E-state index in [0.29, 0.717) is 17.1 Å². The minimum absolute atomic E-state index is 0.439. The molecule has 2 aromatic rings. The summed E-state index contributed by atoms with van der Waals surface area (Å²) < 4.78 is 15.0. The molecule has 0 radical (unpaired) electrons. The number of rotatable bonds is 6. The zero-order chi connectivity index (χ0) is 16.7.